The van der Waals surface area contributed by atoms with Gasteiger partial charge in [0.1, 0.15) is 4.64 Å². The summed E-state index contributed by atoms with van der Waals surface area (Å²) < 4.78 is 2.28. The fraction of sp³-hybridized carbons (Fsp3) is 0.500. The average molecular weight is 347 g/mol. The van der Waals surface area contributed by atoms with E-state index < -0.39 is 0 Å². The smallest absolute Gasteiger partial charge is 0.254 e. The molecular weight excluding hydrogens is 320 g/mol. The molecule has 0 radical (unpaired) electrons. The number of rotatable bonds is 8. The van der Waals surface area contributed by atoms with E-state index in [1.807, 2.05) is 13.1 Å². The van der Waals surface area contributed by atoms with Crippen molar-refractivity contribution in [2.24, 2.45) is 0 Å². The van der Waals surface area contributed by atoms with E-state index in [1.165, 1.54) is 19.3 Å². The molecular formula is C18H26N4OS. The van der Waals surface area contributed by atoms with Crippen molar-refractivity contribution in [3.63, 3.8) is 0 Å². The average Bonchev–Trinajstić information content (AvgIpc) is 2.58. The number of hydrogen-bond donors (Lipinski definition) is 2. The first-order chi connectivity index (χ1) is 11.6. The molecule has 0 aliphatic carbocycles. The number of unbranched alkanes of at least 4 members (excludes halogenated alkanes) is 3. The highest BCUT2D eigenvalue weighted by Gasteiger charge is 2.12. The van der Waals surface area contributed by atoms with Crippen molar-refractivity contribution in [3.05, 3.63) is 39.7 Å². The molecule has 0 aliphatic rings. The Morgan fingerprint density at radius 3 is 2.83 bits per heavy atom. The first kappa shape index (κ1) is 18.4. The van der Waals surface area contributed by atoms with Crippen LogP contribution in [0.3, 0.4) is 0 Å². The lowest BCUT2D eigenvalue weighted by Gasteiger charge is -2.15. The number of aromatic amines is 1. The Morgan fingerprint density at radius 1 is 1.38 bits per heavy atom. The van der Waals surface area contributed by atoms with Gasteiger partial charge in [-0.3, -0.25) is 9.36 Å². The minimum Gasteiger partial charge on any atom is -0.387 e. The number of nitrogens with one attached hydrogen (secondary N) is 2. The zero-order chi connectivity index (χ0) is 17.5. The fourth-order valence-electron chi connectivity index (χ4n) is 2.82. The molecule has 0 saturated heterocycles. The number of H-pyrrole nitrogens is 1. The van der Waals surface area contributed by atoms with Gasteiger partial charge in [0, 0.05) is 31.0 Å². The molecule has 2 heterocycles. The standard InChI is InChI=1S/C18H26N4OS/c1-4-5-6-7-8-13(2)22-12-21-15(11-16(22)23)17-14(19-3)9-10-20-18(17)24/h9-13H,4-8H2,1-3H3,(H2,19,20,24). The molecule has 1 unspecified atom stereocenters. The lowest BCUT2D eigenvalue weighted by molar-refractivity contribution is 0.457. The van der Waals surface area contributed by atoms with Crippen molar-refractivity contribution in [2.45, 2.75) is 52.0 Å². The van der Waals surface area contributed by atoms with Crippen LogP contribution in [0, 0.1) is 4.64 Å². The molecule has 2 N–H and O–H groups in total. The molecule has 0 spiro atoms. The molecule has 24 heavy (non-hydrogen) atoms. The normalized spacial score (nSPS) is 12.1. The summed E-state index contributed by atoms with van der Waals surface area (Å²) >= 11 is 5.35. The van der Waals surface area contributed by atoms with Gasteiger partial charge in [0.15, 0.2) is 0 Å². The summed E-state index contributed by atoms with van der Waals surface area (Å²) in [4.78, 5) is 20.0. The molecule has 1 atom stereocenters. The van der Waals surface area contributed by atoms with Crippen LogP contribution >= 0.6 is 12.2 Å². The molecule has 2 aromatic rings. The van der Waals surface area contributed by atoms with Crippen LogP contribution in [0.15, 0.2) is 29.5 Å². The van der Waals surface area contributed by atoms with E-state index in [4.69, 9.17) is 12.2 Å². The summed E-state index contributed by atoms with van der Waals surface area (Å²) in [5.74, 6) is 0. The minimum atomic E-state index is -0.0386. The van der Waals surface area contributed by atoms with Crippen LogP contribution in [0.2, 0.25) is 0 Å². The highest BCUT2D eigenvalue weighted by molar-refractivity contribution is 7.71. The SMILES string of the molecule is CCCCCCC(C)n1cnc(-c2c(NC)cc[nH]c2=S)cc1=O. The van der Waals surface area contributed by atoms with Crippen LogP contribution in [0.25, 0.3) is 11.3 Å². The summed E-state index contributed by atoms with van der Waals surface area (Å²) in [5.41, 5.74) is 2.18. The van der Waals surface area contributed by atoms with Crippen molar-refractivity contribution in [1.82, 2.24) is 14.5 Å². The lowest BCUT2D eigenvalue weighted by Crippen LogP contribution is -2.23. The fourth-order valence-corrected chi connectivity index (χ4v) is 3.11. The Hall–Kier alpha value is -1.95. The first-order valence-corrected chi connectivity index (χ1v) is 8.97. The van der Waals surface area contributed by atoms with Crippen LogP contribution in [-0.2, 0) is 0 Å². The van der Waals surface area contributed by atoms with Crippen molar-refractivity contribution in [1.29, 1.82) is 0 Å². The maximum absolute atomic E-state index is 12.5. The third-order valence-corrected chi connectivity index (χ3v) is 4.59. The third kappa shape index (κ3) is 4.32. The minimum absolute atomic E-state index is 0.0386. The quantitative estimate of drug-likeness (QED) is 0.544. The van der Waals surface area contributed by atoms with E-state index in [0.29, 0.717) is 10.3 Å². The van der Waals surface area contributed by atoms with Gasteiger partial charge in [-0.2, -0.15) is 0 Å². The molecule has 0 fully saturated rings. The molecule has 2 rings (SSSR count). The van der Waals surface area contributed by atoms with Crippen LogP contribution < -0.4 is 10.9 Å². The maximum Gasteiger partial charge on any atom is 0.254 e. The zero-order valence-corrected chi connectivity index (χ0v) is 15.4. The molecule has 0 aliphatic heterocycles. The number of pyridine rings is 1. The second kappa shape index (κ2) is 8.78. The van der Waals surface area contributed by atoms with Gasteiger partial charge in [0.25, 0.3) is 5.56 Å². The Balaban J connectivity index is 2.25. The summed E-state index contributed by atoms with van der Waals surface area (Å²) in [5, 5.41) is 3.10. The zero-order valence-electron chi connectivity index (χ0n) is 14.6. The van der Waals surface area contributed by atoms with Gasteiger partial charge in [0.2, 0.25) is 0 Å². The van der Waals surface area contributed by atoms with Crippen LogP contribution in [-0.4, -0.2) is 21.6 Å². The predicted octanol–water partition coefficient (Wildman–Crippen LogP) is 4.54. The van der Waals surface area contributed by atoms with Crippen molar-refractivity contribution in [3.8, 4) is 11.3 Å². The maximum atomic E-state index is 12.5. The summed E-state index contributed by atoms with van der Waals surface area (Å²) in [6.07, 6.45) is 9.23. The Labute approximate surface area is 148 Å². The highest BCUT2D eigenvalue weighted by atomic mass is 32.1. The van der Waals surface area contributed by atoms with Crippen molar-refractivity contribution in [2.75, 3.05) is 12.4 Å². The molecule has 6 heteroatoms. The van der Waals surface area contributed by atoms with Crippen LogP contribution in [0.5, 0.6) is 0 Å². The summed E-state index contributed by atoms with van der Waals surface area (Å²) in [6.45, 7) is 4.27. The van der Waals surface area contributed by atoms with Crippen LogP contribution in [0.4, 0.5) is 5.69 Å². The molecule has 130 valence electrons. The molecule has 2 aromatic heterocycles. The molecule has 0 amide bonds. The Morgan fingerprint density at radius 2 is 2.17 bits per heavy atom. The predicted molar refractivity (Wildman–Crippen MR) is 102 cm³/mol. The van der Waals surface area contributed by atoms with Crippen molar-refractivity contribution >= 4 is 17.9 Å². The summed E-state index contributed by atoms with van der Waals surface area (Å²) in [6, 6.07) is 3.61. The van der Waals surface area contributed by atoms with E-state index in [9.17, 15) is 4.79 Å². The van der Waals surface area contributed by atoms with Crippen molar-refractivity contribution < 1.29 is 0 Å². The highest BCUT2D eigenvalue weighted by Crippen LogP contribution is 2.25. The topological polar surface area (TPSA) is 62.7 Å². The molecule has 5 nitrogen and oxygen atoms in total. The largest absolute Gasteiger partial charge is 0.387 e. The van der Waals surface area contributed by atoms with Gasteiger partial charge in [-0.15, -0.1) is 0 Å². The van der Waals surface area contributed by atoms with Gasteiger partial charge in [-0.1, -0.05) is 44.8 Å². The van der Waals surface area contributed by atoms with Gasteiger partial charge in [-0.25, -0.2) is 4.98 Å². The number of aromatic nitrogens is 3. The monoisotopic (exact) mass is 346 g/mol. The lowest BCUT2D eigenvalue weighted by atomic mass is 10.1. The van der Waals surface area contributed by atoms with Gasteiger partial charge in [0.05, 0.1) is 17.6 Å². The van der Waals surface area contributed by atoms with E-state index in [1.54, 1.807) is 23.2 Å². The number of hydrogen-bond acceptors (Lipinski definition) is 4. The third-order valence-electron chi connectivity index (χ3n) is 4.27. The first-order valence-electron chi connectivity index (χ1n) is 8.56. The Kier molecular flexibility index (Phi) is 6.73. The van der Waals surface area contributed by atoms with Gasteiger partial charge < -0.3 is 10.3 Å². The molecule has 0 saturated carbocycles. The van der Waals surface area contributed by atoms with Crippen LogP contribution in [0.1, 0.15) is 52.0 Å². The van der Waals surface area contributed by atoms with E-state index in [-0.39, 0.29) is 11.6 Å². The number of anilines is 1. The van der Waals surface area contributed by atoms with E-state index in [0.717, 1.165) is 24.1 Å². The Bertz CT molecular complexity index is 781. The second-order valence-corrected chi connectivity index (χ2v) is 6.47. The van der Waals surface area contributed by atoms with Gasteiger partial charge in [-0.05, 0) is 19.4 Å². The van der Waals surface area contributed by atoms with E-state index in [2.05, 4.69) is 29.1 Å². The molecule has 0 aromatic carbocycles. The summed E-state index contributed by atoms with van der Waals surface area (Å²) in [7, 11) is 1.83. The second-order valence-electron chi connectivity index (χ2n) is 6.06. The number of nitrogens with zero attached hydrogens (tertiary/aromatic N) is 2. The molecule has 0 bridgehead atoms. The van der Waals surface area contributed by atoms with E-state index >= 15 is 0 Å². The van der Waals surface area contributed by atoms with Gasteiger partial charge >= 0.3 is 0 Å².